The molecule has 0 fully saturated rings. The van der Waals surface area contributed by atoms with Gasteiger partial charge in [0.25, 0.3) is 11.4 Å². The van der Waals surface area contributed by atoms with E-state index in [9.17, 15) is 20.2 Å². The molecule has 7 heteroatoms. The van der Waals surface area contributed by atoms with E-state index in [-0.39, 0.29) is 11.4 Å². The number of hydrogen-bond acceptors (Lipinski definition) is 5. The van der Waals surface area contributed by atoms with Crippen molar-refractivity contribution in [3.05, 3.63) is 146 Å². The van der Waals surface area contributed by atoms with Crippen molar-refractivity contribution in [2.75, 3.05) is 0 Å². The predicted molar refractivity (Wildman–Crippen MR) is 125 cm³/mol. The monoisotopic (exact) mass is 442 g/mol. The zero-order chi connectivity index (χ0) is 22.6. The van der Waals surface area contributed by atoms with Gasteiger partial charge in [0.2, 0.25) is 0 Å². The highest BCUT2D eigenvalue weighted by Gasteiger charge is 2.39. The number of rotatable bonds is 7. The summed E-state index contributed by atoms with van der Waals surface area (Å²) in [4.78, 5) is 22.2. The Morgan fingerprint density at radius 1 is 0.594 bits per heavy atom. The number of hydrogen-bond donors (Lipinski definition) is 0. The smallest absolute Gasteiger partial charge is 0.258 e. The molecule has 0 aromatic heterocycles. The van der Waals surface area contributed by atoms with Crippen LogP contribution in [0.1, 0.15) is 16.7 Å². The molecule has 0 N–H and O–H groups in total. The SMILES string of the molecule is O=[N+]([O-])c1ccc(SC(c2ccccc2)(c2ccccc2)c2ccccc2)c([N+](=O)[O-])c1. The van der Waals surface area contributed by atoms with Crippen molar-refractivity contribution in [3.63, 3.8) is 0 Å². The summed E-state index contributed by atoms with van der Waals surface area (Å²) < 4.78 is -0.815. The predicted octanol–water partition coefficient (Wildman–Crippen LogP) is 6.59. The highest BCUT2D eigenvalue weighted by molar-refractivity contribution is 8.00. The van der Waals surface area contributed by atoms with Crippen LogP contribution in [0.15, 0.2) is 114 Å². The quantitative estimate of drug-likeness (QED) is 0.139. The van der Waals surface area contributed by atoms with Crippen LogP contribution in [0.2, 0.25) is 0 Å². The van der Waals surface area contributed by atoms with Gasteiger partial charge in [0.15, 0.2) is 0 Å². The molecule has 0 saturated heterocycles. The van der Waals surface area contributed by atoms with Gasteiger partial charge in [-0.1, -0.05) is 103 Å². The zero-order valence-corrected chi connectivity index (χ0v) is 17.6. The molecule has 0 amide bonds. The molecule has 0 heterocycles. The van der Waals surface area contributed by atoms with Gasteiger partial charge < -0.3 is 0 Å². The Labute approximate surface area is 188 Å². The normalized spacial score (nSPS) is 11.1. The van der Waals surface area contributed by atoms with E-state index < -0.39 is 14.6 Å². The fourth-order valence-electron chi connectivity index (χ4n) is 3.71. The molecule has 0 radical (unpaired) electrons. The molecule has 158 valence electrons. The largest absolute Gasteiger partial charge is 0.289 e. The molecule has 0 aliphatic rings. The Kier molecular flexibility index (Phi) is 6.00. The summed E-state index contributed by atoms with van der Waals surface area (Å²) in [6, 6.07) is 33.1. The van der Waals surface area contributed by atoms with Gasteiger partial charge in [0.05, 0.1) is 25.6 Å². The Bertz CT molecular complexity index is 1150. The number of non-ortho nitro benzene ring substituents is 1. The lowest BCUT2D eigenvalue weighted by atomic mass is 9.84. The molecular formula is C25H18N2O4S. The van der Waals surface area contributed by atoms with E-state index in [1.807, 2.05) is 91.0 Å². The minimum atomic E-state index is -0.815. The fourth-order valence-corrected chi connectivity index (χ4v) is 5.17. The second-order valence-corrected chi connectivity index (χ2v) is 8.30. The summed E-state index contributed by atoms with van der Waals surface area (Å²) in [5, 5.41) is 23.1. The second kappa shape index (κ2) is 9.03. The standard InChI is InChI=1S/C25H18N2O4S/c28-26(29)22-16-17-24(23(18-22)27(30)31)32-25(19-10-4-1-5-11-19,20-12-6-2-7-13-20)21-14-8-3-9-15-21/h1-18H. The van der Waals surface area contributed by atoms with Crippen LogP contribution in [0.3, 0.4) is 0 Å². The molecule has 4 aromatic carbocycles. The molecular weight excluding hydrogens is 424 g/mol. The molecule has 4 aromatic rings. The van der Waals surface area contributed by atoms with Crippen molar-refractivity contribution in [2.24, 2.45) is 0 Å². The number of nitrogens with zero attached hydrogens (tertiary/aromatic N) is 2. The molecule has 0 aliphatic carbocycles. The maximum atomic E-state index is 11.9. The number of thioether (sulfide) groups is 1. The van der Waals surface area contributed by atoms with Crippen LogP contribution in [-0.2, 0) is 4.75 Å². The summed E-state index contributed by atoms with van der Waals surface area (Å²) in [6.07, 6.45) is 0. The summed E-state index contributed by atoms with van der Waals surface area (Å²) in [7, 11) is 0. The highest BCUT2D eigenvalue weighted by atomic mass is 32.2. The molecule has 0 atom stereocenters. The Hall–Kier alpha value is -3.97. The second-order valence-electron chi connectivity index (χ2n) is 7.05. The van der Waals surface area contributed by atoms with Gasteiger partial charge in [0, 0.05) is 6.07 Å². The van der Waals surface area contributed by atoms with E-state index in [0.717, 1.165) is 22.8 Å². The third-order valence-corrected chi connectivity index (χ3v) is 6.73. The molecule has 4 rings (SSSR count). The number of benzene rings is 4. The van der Waals surface area contributed by atoms with E-state index in [4.69, 9.17) is 0 Å². The van der Waals surface area contributed by atoms with Crippen LogP contribution in [0.5, 0.6) is 0 Å². The fraction of sp³-hybridized carbons (Fsp3) is 0.0400. The van der Waals surface area contributed by atoms with E-state index in [0.29, 0.717) is 4.90 Å². The first-order chi connectivity index (χ1) is 15.5. The minimum absolute atomic E-state index is 0.295. The summed E-state index contributed by atoms with van der Waals surface area (Å²) >= 11 is 1.31. The van der Waals surface area contributed by atoms with E-state index in [1.165, 1.54) is 23.9 Å². The Balaban J connectivity index is 2.01. The zero-order valence-electron chi connectivity index (χ0n) is 16.8. The van der Waals surface area contributed by atoms with Gasteiger partial charge in [-0.25, -0.2) is 0 Å². The van der Waals surface area contributed by atoms with Crippen LogP contribution >= 0.6 is 11.8 Å². The van der Waals surface area contributed by atoms with Gasteiger partial charge in [0.1, 0.15) is 0 Å². The van der Waals surface area contributed by atoms with Crippen molar-refractivity contribution in [1.82, 2.24) is 0 Å². The van der Waals surface area contributed by atoms with Gasteiger partial charge in [-0.2, -0.15) is 0 Å². The molecule has 32 heavy (non-hydrogen) atoms. The van der Waals surface area contributed by atoms with E-state index in [1.54, 1.807) is 0 Å². The third kappa shape index (κ3) is 3.98. The van der Waals surface area contributed by atoms with Crippen LogP contribution in [0.25, 0.3) is 0 Å². The van der Waals surface area contributed by atoms with Crippen molar-refractivity contribution in [2.45, 2.75) is 9.64 Å². The Morgan fingerprint density at radius 3 is 1.41 bits per heavy atom. The van der Waals surface area contributed by atoms with Crippen molar-refractivity contribution < 1.29 is 9.85 Å². The van der Waals surface area contributed by atoms with Gasteiger partial charge in [-0.15, -0.1) is 0 Å². The summed E-state index contributed by atoms with van der Waals surface area (Å²) in [5.41, 5.74) is 2.21. The van der Waals surface area contributed by atoms with E-state index in [2.05, 4.69) is 0 Å². The molecule has 0 saturated carbocycles. The lowest BCUT2D eigenvalue weighted by molar-refractivity contribution is -0.396. The molecule has 0 bridgehead atoms. The molecule has 6 nitrogen and oxygen atoms in total. The average Bonchev–Trinajstić information content (AvgIpc) is 2.84. The van der Waals surface area contributed by atoms with Gasteiger partial charge in [-0.05, 0) is 22.8 Å². The van der Waals surface area contributed by atoms with Crippen molar-refractivity contribution in [3.8, 4) is 0 Å². The lowest BCUT2D eigenvalue weighted by Gasteiger charge is -2.35. The number of nitro groups is 2. The van der Waals surface area contributed by atoms with Gasteiger partial charge in [-0.3, -0.25) is 20.2 Å². The van der Waals surface area contributed by atoms with Crippen LogP contribution < -0.4 is 0 Å². The first-order valence-corrected chi connectivity index (χ1v) is 10.6. The first-order valence-electron chi connectivity index (χ1n) is 9.81. The Morgan fingerprint density at radius 2 is 1.03 bits per heavy atom. The molecule has 0 aliphatic heterocycles. The molecule has 0 unspecified atom stereocenters. The van der Waals surface area contributed by atoms with Gasteiger partial charge >= 0.3 is 0 Å². The third-order valence-electron chi connectivity index (χ3n) is 5.15. The highest BCUT2D eigenvalue weighted by Crippen LogP contribution is 2.53. The summed E-state index contributed by atoms with van der Waals surface area (Å²) in [6.45, 7) is 0. The van der Waals surface area contributed by atoms with E-state index >= 15 is 0 Å². The topological polar surface area (TPSA) is 86.3 Å². The maximum absolute atomic E-state index is 11.9. The summed E-state index contributed by atoms with van der Waals surface area (Å²) in [5.74, 6) is 0. The van der Waals surface area contributed by atoms with Crippen LogP contribution in [0.4, 0.5) is 11.4 Å². The average molecular weight is 442 g/mol. The lowest BCUT2D eigenvalue weighted by Crippen LogP contribution is -2.25. The minimum Gasteiger partial charge on any atom is -0.258 e. The molecule has 0 spiro atoms. The van der Waals surface area contributed by atoms with Crippen LogP contribution in [-0.4, -0.2) is 9.85 Å². The first kappa shape index (κ1) is 21.3. The number of nitro benzene ring substituents is 2. The van der Waals surface area contributed by atoms with Crippen molar-refractivity contribution in [1.29, 1.82) is 0 Å². The maximum Gasteiger partial charge on any atom is 0.289 e. The van der Waals surface area contributed by atoms with Crippen LogP contribution in [0, 0.1) is 20.2 Å². The van der Waals surface area contributed by atoms with Crippen molar-refractivity contribution >= 4 is 23.1 Å².